The van der Waals surface area contributed by atoms with Crippen molar-refractivity contribution in [3.63, 3.8) is 0 Å². The van der Waals surface area contributed by atoms with Crippen LogP contribution < -0.4 is 10.2 Å². The molecule has 0 heterocycles. The van der Waals surface area contributed by atoms with Crippen molar-refractivity contribution >= 4 is 5.69 Å². The van der Waals surface area contributed by atoms with Crippen LogP contribution in [0.3, 0.4) is 0 Å². The first-order valence-electron chi connectivity index (χ1n) is 5.68. The van der Waals surface area contributed by atoms with E-state index in [0.717, 1.165) is 13.1 Å². The smallest absolute Gasteiger partial charge is 0.146 e. The van der Waals surface area contributed by atoms with Crippen molar-refractivity contribution in [1.29, 1.82) is 0 Å². The first-order chi connectivity index (χ1) is 7.50. The Labute approximate surface area is 97.5 Å². The Kier molecular flexibility index (Phi) is 4.30. The molecule has 16 heavy (non-hydrogen) atoms. The number of para-hydroxylation sites is 1. The van der Waals surface area contributed by atoms with Gasteiger partial charge in [0.15, 0.2) is 0 Å². The summed E-state index contributed by atoms with van der Waals surface area (Å²) in [7, 11) is 1.93. The minimum absolute atomic E-state index is 0.0295. The molecule has 0 saturated heterocycles. The summed E-state index contributed by atoms with van der Waals surface area (Å²) in [5, 5.41) is 3.23. The van der Waals surface area contributed by atoms with Crippen LogP contribution in [0.1, 0.15) is 20.8 Å². The molecule has 0 aliphatic carbocycles. The van der Waals surface area contributed by atoms with Crippen LogP contribution in [0.25, 0.3) is 0 Å². The molecule has 0 unspecified atom stereocenters. The van der Waals surface area contributed by atoms with Gasteiger partial charge in [0.2, 0.25) is 0 Å². The number of likely N-dealkylation sites (N-methyl/N-ethyl adjacent to an activating group) is 2. The predicted molar refractivity (Wildman–Crippen MR) is 67.4 cm³/mol. The molecule has 0 aliphatic heterocycles. The topological polar surface area (TPSA) is 15.3 Å². The molecule has 0 aromatic heterocycles. The van der Waals surface area contributed by atoms with Gasteiger partial charge in [-0.15, -0.1) is 0 Å². The molecular formula is C13H21FN2. The second-order valence-corrected chi connectivity index (χ2v) is 4.60. The minimum atomic E-state index is -0.156. The van der Waals surface area contributed by atoms with Gasteiger partial charge in [-0.25, -0.2) is 4.39 Å². The van der Waals surface area contributed by atoms with Gasteiger partial charge in [-0.1, -0.05) is 12.1 Å². The maximum Gasteiger partial charge on any atom is 0.146 e. The maximum atomic E-state index is 13.6. The van der Waals surface area contributed by atoms with Crippen LogP contribution in [0.2, 0.25) is 0 Å². The minimum Gasteiger partial charge on any atom is -0.368 e. The third kappa shape index (κ3) is 3.20. The number of hydrogen-bond donors (Lipinski definition) is 1. The molecule has 1 aromatic carbocycles. The second-order valence-electron chi connectivity index (χ2n) is 4.60. The monoisotopic (exact) mass is 224 g/mol. The molecule has 0 atom stereocenters. The Morgan fingerprint density at radius 2 is 1.94 bits per heavy atom. The van der Waals surface area contributed by atoms with E-state index in [0.29, 0.717) is 5.69 Å². The molecule has 0 spiro atoms. The Morgan fingerprint density at radius 3 is 2.44 bits per heavy atom. The van der Waals surface area contributed by atoms with Crippen molar-refractivity contribution < 1.29 is 4.39 Å². The molecule has 90 valence electrons. The molecule has 2 nitrogen and oxygen atoms in total. The van der Waals surface area contributed by atoms with Gasteiger partial charge in [0, 0.05) is 18.6 Å². The third-order valence-corrected chi connectivity index (χ3v) is 2.84. The zero-order valence-corrected chi connectivity index (χ0v) is 10.5. The van der Waals surface area contributed by atoms with Crippen molar-refractivity contribution in [3.05, 3.63) is 30.1 Å². The van der Waals surface area contributed by atoms with Crippen LogP contribution in [0.5, 0.6) is 0 Å². The van der Waals surface area contributed by atoms with E-state index >= 15 is 0 Å². The van der Waals surface area contributed by atoms with Crippen molar-refractivity contribution in [2.24, 2.45) is 0 Å². The molecule has 0 amide bonds. The second kappa shape index (κ2) is 5.30. The number of hydrogen-bond acceptors (Lipinski definition) is 2. The van der Waals surface area contributed by atoms with Crippen LogP contribution in [0.4, 0.5) is 10.1 Å². The third-order valence-electron chi connectivity index (χ3n) is 2.84. The molecule has 1 rings (SSSR count). The fraction of sp³-hybridized carbons (Fsp3) is 0.538. The first-order valence-corrected chi connectivity index (χ1v) is 5.68. The number of anilines is 1. The fourth-order valence-electron chi connectivity index (χ4n) is 1.63. The number of benzene rings is 1. The Bertz CT molecular complexity index is 336. The van der Waals surface area contributed by atoms with Gasteiger partial charge in [-0.05, 0) is 40.0 Å². The van der Waals surface area contributed by atoms with Gasteiger partial charge in [-0.3, -0.25) is 0 Å². The lowest BCUT2D eigenvalue weighted by Gasteiger charge is -2.33. The van der Waals surface area contributed by atoms with Crippen LogP contribution in [0.15, 0.2) is 24.3 Å². The van der Waals surface area contributed by atoms with Gasteiger partial charge < -0.3 is 10.2 Å². The van der Waals surface area contributed by atoms with Crippen molar-refractivity contribution in [2.75, 3.05) is 25.0 Å². The molecule has 0 aliphatic rings. The Balaban J connectivity index is 2.87. The zero-order chi connectivity index (χ0) is 12.2. The van der Waals surface area contributed by atoms with E-state index in [2.05, 4.69) is 19.2 Å². The van der Waals surface area contributed by atoms with Crippen molar-refractivity contribution in [3.8, 4) is 0 Å². The highest BCUT2D eigenvalue weighted by Gasteiger charge is 2.20. The van der Waals surface area contributed by atoms with Gasteiger partial charge in [0.1, 0.15) is 5.82 Å². The highest BCUT2D eigenvalue weighted by Crippen LogP contribution is 2.20. The summed E-state index contributed by atoms with van der Waals surface area (Å²) < 4.78 is 13.6. The van der Waals surface area contributed by atoms with Crippen LogP contribution in [0, 0.1) is 5.82 Å². The number of rotatable bonds is 5. The maximum absolute atomic E-state index is 13.6. The summed E-state index contributed by atoms with van der Waals surface area (Å²) in [6, 6.07) is 6.91. The Morgan fingerprint density at radius 1 is 1.31 bits per heavy atom. The molecule has 0 fully saturated rings. The summed E-state index contributed by atoms with van der Waals surface area (Å²) in [4.78, 5) is 2.05. The van der Waals surface area contributed by atoms with E-state index in [4.69, 9.17) is 0 Å². The van der Waals surface area contributed by atoms with E-state index < -0.39 is 0 Å². The molecule has 1 N–H and O–H groups in total. The van der Waals surface area contributed by atoms with Crippen molar-refractivity contribution in [1.82, 2.24) is 5.32 Å². The van der Waals surface area contributed by atoms with Crippen LogP contribution in [-0.2, 0) is 0 Å². The molecule has 3 heteroatoms. The van der Waals surface area contributed by atoms with E-state index in [9.17, 15) is 4.39 Å². The average molecular weight is 224 g/mol. The lowest BCUT2D eigenvalue weighted by atomic mass is 10.0. The van der Waals surface area contributed by atoms with Crippen LogP contribution in [-0.4, -0.2) is 25.7 Å². The molecule has 1 aromatic rings. The summed E-state index contributed by atoms with van der Waals surface area (Å²) in [6.45, 7) is 7.83. The lowest BCUT2D eigenvalue weighted by molar-refractivity contribution is 0.420. The largest absolute Gasteiger partial charge is 0.368 e. The highest BCUT2D eigenvalue weighted by molar-refractivity contribution is 5.47. The van der Waals surface area contributed by atoms with Crippen molar-refractivity contribution in [2.45, 2.75) is 26.3 Å². The Hall–Kier alpha value is -1.09. The number of nitrogens with one attached hydrogen (secondary N) is 1. The van der Waals surface area contributed by atoms with Gasteiger partial charge in [0.25, 0.3) is 0 Å². The number of nitrogens with zero attached hydrogens (tertiary/aromatic N) is 1. The van der Waals surface area contributed by atoms with Gasteiger partial charge >= 0.3 is 0 Å². The first kappa shape index (κ1) is 13.0. The van der Waals surface area contributed by atoms with Gasteiger partial charge in [-0.2, -0.15) is 0 Å². The highest BCUT2D eigenvalue weighted by atomic mass is 19.1. The molecular weight excluding hydrogens is 203 g/mol. The van der Waals surface area contributed by atoms with E-state index in [1.54, 1.807) is 6.07 Å². The molecule has 0 saturated carbocycles. The van der Waals surface area contributed by atoms with Gasteiger partial charge in [0.05, 0.1) is 5.69 Å². The van der Waals surface area contributed by atoms with Crippen LogP contribution >= 0.6 is 0 Å². The quantitative estimate of drug-likeness (QED) is 0.827. The fourth-order valence-corrected chi connectivity index (χ4v) is 1.63. The summed E-state index contributed by atoms with van der Waals surface area (Å²) >= 11 is 0. The van der Waals surface area contributed by atoms with E-state index in [1.165, 1.54) is 6.07 Å². The average Bonchev–Trinajstić information content (AvgIpc) is 2.27. The van der Waals surface area contributed by atoms with E-state index in [1.807, 2.05) is 31.0 Å². The number of halogens is 1. The standard InChI is InChI=1S/C13H21FN2/c1-5-16(10-13(2,3)15-4)12-9-7-6-8-11(12)14/h6-9,15H,5,10H2,1-4H3. The summed E-state index contributed by atoms with van der Waals surface area (Å²) in [5.74, 6) is -0.156. The normalized spacial score (nSPS) is 11.6. The predicted octanol–water partition coefficient (Wildman–Crippen LogP) is 2.65. The molecule has 0 bridgehead atoms. The van der Waals surface area contributed by atoms with E-state index in [-0.39, 0.29) is 11.4 Å². The summed E-state index contributed by atoms with van der Waals surface area (Å²) in [6.07, 6.45) is 0. The molecule has 0 radical (unpaired) electrons. The SMILES string of the molecule is CCN(CC(C)(C)NC)c1ccccc1F. The lowest BCUT2D eigenvalue weighted by Crippen LogP contribution is -2.47. The zero-order valence-electron chi connectivity index (χ0n) is 10.5. The summed E-state index contributed by atoms with van der Waals surface area (Å²) in [5.41, 5.74) is 0.645.